The molecular weight excluding hydrogens is 360 g/mol. The maximum Gasteiger partial charge on any atom is 0.254 e. The Labute approximate surface area is 161 Å². The fourth-order valence-corrected chi connectivity index (χ4v) is 4.29. The first-order valence-corrected chi connectivity index (χ1v) is 9.61. The molecule has 2 amide bonds. The van der Waals surface area contributed by atoms with Crippen LogP contribution in [0.5, 0.6) is 0 Å². The lowest BCUT2D eigenvalue weighted by atomic mass is 10.00. The molecule has 2 heterocycles. The smallest absolute Gasteiger partial charge is 0.254 e. The maximum atomic E-state index is 12.9. The van der Waals surface area contributed by atoms with Crippen LogP contribution >= 0.6 is 11.3 Å². The highest BCUT2D eigenvalue weighted by molar-refractivity contribution is 7.22. The van der Waals surface area contributed by atoms with Crippen molar-refractivity contribution in [2.75, 3.05) is 18.8 Å². The van der Waals surface area contributed by atoms with E-state index >= 15 is 0 Å². The standard InChI is InChI=1S/C20H20N4O2S/c1-11-8-15(10-16-17(11)23-20(21)27-16)13-4-3-5-14(9-13)19(26)24-7-6-22-18(25)12(24)2/h3-5,8-10,12H,6-7H2,1-2H3,(H2,21,23)(H,22,25)/t12-/m0/s1. The average Bonchev–Trinajstić information content (AvgIpc) is 3.04. The van der Waals surface area contributed by atoms with Gasteiger partial charge in [-0.25, -0.2) is 4.98 Å². The Balaban J connectivity index is 1.70. The van der Waals surface area contributed by atoms with Crippen LogP contribution < -0.4 is 11.1 Å². The van der Waals surface area contributed by atoms with Crippen LogP contribution in [0.15, 0.2) is 36.4 Å². The van der Waals surface area contributed by atoms with Crippen molar-refractivity contribution >= 4 is 38.5 Å². The molecule has 6 nitrogen and oxygen atoms in total. The van der Waals surface area contributed by atoms with E-state index in [1.54, 1.807) is 17.9 Å². The number of nitrogens with two attached hydrogens (primary N) is 1. The zero-order chi connectivity index (χ0) is 19.1. The van der Waals surface area contributed by atoms with Crippen molar-refractivity contribution in [3.05, 3.63) is 47.5 Å². The third kappa shape index (κ3) is 3.14. The Kier molecular flexibility index (Phi) is 4.31. The molecule has 1 saturated heterocycles. The summed E-state index contributed by atoms with van der Waals surface area (Å²) in [5.74, 6) is -0.242. The van der Waals surface area contributed by atoms with Gasteiger partial charge in [0.05, 0.1) is 10.2 Å². The van der Waals surface area contributed by atoms with Crippen LogP contribution in [-0.4, -0.2) is 40.8 Å². The number of carbonyl (C=O) groups is 2. The maximum absolute atomic E-state index is 12.9. The van der Waals surface area contributed by atoms with Gasteiger partial charge in [0.25, 0.3) is 5.91 Å². The largest absolute Gasteiger partial charge is 0.375 e. The molecule has 2 aromatic carbocycles. The summed E-state index contributed by atoms with van der Waals surface area (Å²) < 4.78 is 1.03. The number of fused-ring (bicyclic) bond motifs is 1. The highest BCUT2D eigenvalue weighted by Crippen LogP contribution is 2.32. The van der Waals surface area contributed by atoms with Gasteiger partial charge in [-0.2, -0.15) is 0 Å². The molecule has 3 aromatic rings. The molecule has 1 aromatic heterocycles. The third-order valence-electron chi connectivity index (χ3n) is 4.90. The summed E-state index contributed by atoms with van der Waals surface area (Å²) in [4.78, 5) is 30.8. The normalized spacial score (nSPS) is 17.2. The molecule has 138 valence electrons. The first-order valence-electron chi connectivity index (χ1n) is 8.80. The predicted molar refractivity (Wildman–Crippen MR) is 108 cm³/mol. The van der Waals surface area contributed by atoms with Crippen molar-refractivity contribution in [2.24, 2.45) is 0 Å². The lowest BCUT2D eigenvalue weighted by molar-refractivity contribution is -0.127. The topological polar surface area (TPSA) is 88.3 Å². The van der Waals surface area contributed by atoms with Crippen LogP contribution in [0.4, 0.5) is 5.13 Å². The average molecular weight is 380 g/mol. The number of hydrogen-bond acceptors (Lipinski definition) is 5. The highest BCUT2D eigenvalue weighted by atomic mass is 32.1. The molecule has 1 fully saturated rings. The number of carbonyl (C=O) groups excluding carboxylic acids is 2. The molecule has 1 atom stereocenters. The molecule has 7 heteroatoms. The van der Waals surface area contributed by atoms with E-state index in [9.17, 15) is 9.59 Å². The van der Waals surface area contributed by atoms with Crippen LogP contribution in [0.25, 0.3) is 21.3 Å². The third-order valence-corrected chi connectivity index (χ3v) is 5.74. The van der Waals surface area contributed by atoms with Gasteiger partial charge in [0, 0.05) is 18.7 Å². The number of rotatable bonds is 2. The summed E-state index contributed by atoms with van der Waals surface area (Å²) in [6.45, 7) is 4.76. The van der Waals surface area contributed by atoms with Gasteiger partial charge in [-0.1, -0.05) is 23.5 Å². The van der Waals surface area contributed by atoms with E-state index in [4.69, 9.17) is 5.73 Å². The van der Waals surface area contributed by atoms with Gasteiger partial charge in [0.15, 0.2) is 5.13 Å². The van der Waals surface area contributed by atoms with Gasteiger partial charge in [-0.15, -0.1) is 0 Å². The Morgan fingerprint density at radius 1 is 1.30 bits per heavy atom. The second-order valence-corrected chi connectivity index (χ2v) is 7.80. The molecule has 0 radical (unpaired) electrons. The van der Waals surface area contributed by atoms with E-state index < -0.39 is 6.04 Å². The number of aromatic nitrogens is 1. The summed E-state index contributed by atoms with van der Waals surface area (Å²) >= 11 is 1.46. The van der Waals surface area contributed by atoms with Gasteiger partial charge in [0.1, 0.15) is 6.04 Å². The number of nitrogen functional groups attached to an aromatic ring is 1. The minimum Gasteiger partial charge on any atom is -0.375 e. The predicted octanol–water partition coefficient (Wildman–Crippen LogP) is 2.81. The minimum absolute atomic E-state index is 0.116. The molecular formula is C20H20N4O2S. The first-order chi connectivity index (χ1) is 12.9. The molecule has 1 aliphatic rings. The minimum atomic E-state index is -0.464. The lowest BCUT2D eigenvalue weighted by Crippen LogP contribution is -2.55. The van der Waals surface area contributed by atoms with E-state index in [1.165, 1.54) is 11.3 Å². The number of thiazole rings is 1. The Hall–Kier alpha value is -2.93. The molecule has 0 aliphatic carbocycles. The number of nitrogens with zero attached hydrogens (tertiary/aromatic N) is 2. The van der Waals surface area contributed by atoms with E-state index in [-0.39, 0.29) is 11.8 Å². The fraction of sp³-hybridized carbons (Fsp3) is 0.250. The van der Waals surface area contributed by atoms with Crippen molar-refractivity contribution in [1.29, 1.82) is 0 Å². The second-order valence-electron chi connectivity index (χ2n) is 6.74. The highest BCUT2D eigenvalue weighted by Gasteiger charge is 2.29. The molecule has 0 spiro atoms. The van der Waals surface area contributed by atoms with E-state index in [0.717, 1.165) is 26.9 Å². The van der Waals surface area contributed by atoms with Crippen molar-refractivity contribution < 1.29 is 9.59 Å². The van der Waals surface area contributed by atoms with Crippen molar-refractivity contribution in [2.45, 2.75) is 19.9 Å². The molecule has 3 N–H and O–H groups in total. The van der Waals surface area contributed by atoms with Crippen molar-refractivity contribution in [3.8, 4) is 11.1 Å². The van der Waals surface area contributed by atoms with Crippen LogP contribution in [0, 0.1) is 6.92 Å². The van der Waals surface area contributed by atoms with Crippen LogP contribution in [0.1, 0.15) is 22.8 Å². The summed E-state index contributed by atoms with van der Waals surface area (Å²) in [5, 5.41) is 3.33. The lowest BCUT2D eigenvalue weighted by Gasteiger charge is -2.32. The monoisotopic (exact) mass is 380 g/mol. The Bertz CT molecular complexity index is 1060. The van der Waals surface area contributed by atoms with Crippen molar-refractivity contribution in [1.82, 2.24) is 15.2 Å². The summed E-state index contributed by atoms with van der Waals surface area (Å²) in [5.41, 5.74) is 10.4. The number of aryl methyl sites for hydroxylation is 1. The molecule has 4 rings (SSSR count). The molecule has 27 heavy (non-hydrogen) atoms. The number of nitrogens with one attached hydrogen (secondary N) is 1. The fourth-order valence-electron chi connectivity index (χ4n) is 3.44. The van der Waals surface area contributed by atoms with Crippen LogP contribution in [0.2, 0.25) is 0 Å². The van der Waals surface area contributed by atoms with Crippen LogP contribution in [-0.2, 0) is 4.79 Å². The molecule has 0 unspecified atom stereocenters. The van der Waals surface area contributed by atoms with E-state index in [0.29, 0.717) is 23.8 Å². The number of anilines is 1. The quantitative estimate of drug-likeness (QED) is 0.716. The molecule has 1 aliphatic heterocycles. The summed E-state index contributed by atoms with van der Waals surface area (Å²) in [6.07, 6.45) is 0. The SMILES string of the molecule is Cc1cc(-c2cccc(C(=O)N3CCNC(=O)[C@@H]3C)c2)cc2sc(N)nc12. The summed E-state index contributed by atoms with van der Waals surface area (Å²) in [6, 6.07) is 11.2. The van der Waals surface area contributed by atoms with Gasteiger partial charge < -0.3 is 16.0 Å². The van der Waals surface area contributed by atoms with Crippen LogP contribution in [0.3, 0.4) is 0 Å². The second kappa shape index (κ2) is 6.66. The zero-order valence-corrected chi connectivity index (χ0v) is 16.0. The number of benzene rings is 2. The zero-order valence-electron chi connectivity index (χ0n) is 15.2. The number of amides is 2. The first kappa shape index (κ1) is 17.5. The summed E-state index contributed by atoms with van der Waals surface area (Å²) in [7, 11) is 0. The van der Waals surface area contributed by atoms with Gasteiger partial charge in [0.2, 0.25) is 5.91 Å². The van der Waals surface area contributed by atoms with E-state index in [2.05, 4.69) is 22.4 Å². The van der Waals surface area contributed by atoms with E-state index in [1.807, 2.05) is 25.1 Å². The molecule has 0 bridgehead atoms. The molecule has 0 saturated carbocycles. The van der Waals surface area contributed by atoms with Crippen molar-refractivity contribution in [3.63, 3.8) is 0 Å². The Morgan fingerprint density at radius 2 is 2.11 bits per heavy atom. The van der Waals surface area contributed by atoms with Gasteiger partial charge >= 0.3 is 0 Å². The van der Waals surface area contributed by atoms with Gasteiger partial charge in [-0.3, -0.25) is 9.59 Å². The Morgan fingerprint density at radius 3 is 2.93 bits per heavy atom. The number of piperazine rings is 1. The van der Waals surface area contributed by atoms with Gasteiger partial charge in [-0.05, 0) is 54.8 Å². The number of hydrogen-bond donors (Lipinski definition) is 2.